The van der Waals surface area contributed by atoms with E-state index in [9.17, 15) is 24.0 Å². The third-order valence-electron chi connectivity index (χ3n) is 5.67. The number of amides is 4. The Labute approximate surface area is 220 Å². The maximum absolute atomic E-state index is 13.2. The summed E-state index contributed by atoms with van der Waals surface area (Å²) < 4.78 is 5.46. The lowest BCUT2D eigenvalue weighted by atomic mass is 10.0. The zero-order valence-electron chi connectivity index (χ0n) is 21.3. The molecule has 0 saturated carbocycles. The van der Waals surface area contributed by atoms with E-state index in [1.807, 2.05) is 6.08 Å². The zero-order chi connectivity index (χ0) is 26.8. The maximum atomic E-state index is 13.2. The van der Waals surface area contributed by atoms with Crippen LogP contribution < -0.4 is 21.3 Å². The van der Waals surface area contributed by atoms with Crippen LogP contribution in [0.4, 0.5) is 0 Å². The number of carbonyl (C=O) groups excluding carboxylic acids is 5. The molecule has 2 aliphatic heterocycles. The fourth-order valence-corrected chi connectivity index (χ4v) is 5.62. The van der Waals surface area contributed by atoms with Gasteiger partial charge in [-0.2, -0.15) is 0 Å². The van der Waals surface area contributed by atoms with Crippen molar-refractivity contribution in [2.75, 3.05) is 18.1 Å². The largest absolute Gasteiger partial charge is 0.463 e. The molecule has 12 heteroatoms. The maximum Gasteiger partial charge on any atom is 0.328 e. The highest BCUT2D eigenvalue weighted by atomic mass is 33.1. The summed E-state index contributed by atoms with van der Waals surface area (Å²) in [5, 5.41) is 10.7. The minimum atomic E-state index is -0.991. The first kappa shape index (κ1) is 29.8. The molecule has 4 amide bonds. The van der Waals surface area contributed by atoms with E-state index >= 15 is 0 Å². The lowest BCUT2D eigenvalue weighted by Gasteiger charge is -2.28. The molecule has 0 aromatic heterocycles. The molecular formula is C24H36N4O6S2. The molecular weight excluding hydrogens is 504 g/mol. The summed E-state index contributed by atoms with van der Waals surface area (Å²) in [6.07, 6.45) is 5.61. The van der Waals surface area contributed by atoms with Gasteiger partial charge < -0.3 is 26.0 Å². The van der Waals surface area contributed by atoms with Crippen LogP contribution in [0.1, 0.15) is 41.0 Å². The summed E-state index contributed by atoms with van der Waals surface area (Å²) in [7, 11) is 2.96. The molecule has 0 radical (unpaired) electrons. The topological polar surface area (TPSA) is 143 Å². The van der Waals surface area contributed by atoms with Crippen LogP contribution in [0.5, 0.6) is 0 Å². The van der Waals surface area contributed by atoms with Gasteiger partial charge in [0.15, 0.2) is 0 Å². The van der Waals surface area contributed by atoms with E-state index in [4.69, 9.17) is 4.74 Å². The summed E-state index contributed by atoms with van der Waals surface area (Å²) in [5.74, 6) is -3.36. The smallest absolute Gasteiger partial charge is 0.328 e. The van der Waals surface area contributed by atoms with Crippen LogP contribution in [0.15, 0.2) is 23.9 Å². The van der Waals surface area contributed by atoms with Gasteiger partial charge in [0, 0.05) is 11.5 Å². The third kappa shape index (κ3) is 8.58. The number of hydrogen-bond donors (Lipinski definition) is 4. The van der Waals surface area contributed by atoms with Gasteiger partial charge in [0.05, 0.1) is 5.92 Å². The molecule has 2 heterocycles. The van der Waals surface area contributed by atoms with Crippen molar-refractivity contribution in [1.29, 1.82) is 0 Å². The number of carbonyl (C=O) groups is 5. The van der Waals surface area contributed by atoms with Crippen LogP contribution in [0.25, 0.3) is 0 Å². The molecule has 0 aromatic carbocycles. The van der Waals surface area contributed by atoms with Crippen LogP contribution in [0.2, 0.25) is 0 Å². The average Bonchev–Trinajstić information content (AvgIpc) is 2.82. The predicted molar refractivity (Wildman–Crippen MR) is 140 cm³/mol. The van der Waals surface area contributed by atoms with Gasteiger partial charge in [-0.1, -0.05) is 67.5 Å². The Bertz CT molecular complexity index is 905. The van der Waals surface area contributed by atoms with Crippen molar-refractivity contribution in [1.82, 2.24) is 21.3 Å². The fraction of sp³-hybridized carbons (Fsp3) is 0.625. The number of esters is 1. The first-order valence-corrected chi connectivity index (χ1v) is 14.5. The molecule has 10 nitrogen and oxygen atoms in total. The highest BCUT2D eigenvalue weighted by Crippen LogP contribution is 2.24. The quantitative estimate of drug-likeness (QED) is 0.178. The van der Waals surface area contributed by atoms with Gasteiger partial charge in [0.2, 0.25) is 17.7 Å². The van der Waals surface area contributed by atoms with E-state index in [1.54, 1.807) is 40.7 Å². The highest BCUT2D eigenvalue weighted by Gasteiger charge is 2.33. The van der Waals surface area contributed by atoms with E-state index in [0.717, 1.165) is 0 Å². The second kappa shape index (κ2) is 14.3. The molecule has 0 aromatic rings. The van der Waals surface area contributed by atoms with Crippen LogP contribution in [-0.4, -0.2) is 65.8 Å². The highest BCUT2D eigenvalue weighted by molar-refractivity contribution is 8.76. The van der Waals surface area contributed by atoms with Gasteiger partial charge in [0.1, 0.15) is 30.4 Å². The Kier molecular flexibility index (Phi) is 11.8. The molecule has 200 valence electrons. The van der Waals surface area contributed by atoms with Crippen molar-refractivity contribution in [3.8, 4) is 0 Å². The number of hydrogen-bond acceptors (Lipinski definition) is 8. The number of ether oxygens (including phenoxy) is 1. The molecule has 0 spiro atoms. The molecule has 2 aliphatic rings. The SMILES string of the molecule is CC=C1NC(=O)[C@H]2CSSCCC=CC(COC(=O)[C@H](C(C)C)NC1=O)C(=O)N[C@H](C(C)C)C(=O)N2. The van der Waals surface area contributed by atoms with E-state index in [1.165, 1.54) is 27.7 Å². The lowest BCUT2D eigenvalue weighted by molar-refractivity contribution is -0.151. The van der Waals surface area contributed by atoms with Crippen molar-refractivity contribution in [2.24, 2.45) is 17.8 Å². The Morgan fingerprint density at radius 1 is 0.917 bits per heavy atom. The van der Waals surface area contributed by atoms with Crippen molar-refractivity contribution in [3.63, 3.8) is 0 Å². The Hall–Kier alpha value is -2.47. The summed E-state index contributed by atoms with van der Waals surface area (Å²) >= 11 is 0. The minimum Gasteiger partial charge on any atom is -0.463 e. The zero-order valence-corrected chi connectivity index (χ0v) is 22.9. The number of fused-ring (bicyclic) bond motifs is 6. The third-order valence-corrected chi connectivity index (χ3v) is 8.12. The Morgan fingerprint density at radius 2 is 1.61 bits per heavy atom. The minimum absolute atomic E-state index is 0.0434. The van der Waals surface area contributed by atoms with Crippen molar-refractivity contribution in [3.05, 3.63) is 23.9 Å². The van der Waals surface area contributed by atoms with E-state index in [0.29, 0.717) is 12.2 Å². The standard InChI is InChI=1S/C24H36N4O6S2/c1-6-16-21(30)28-19(14(4)5)24(33)34-11-15-9-7-8-10-35-36-12-17(22(31)25-16)26-23(32)18(13(2)3)27-20(15)29/h6-7,9,13-15,17-19H,8,10-12H2,1-5H3,(H,25,31)(H,26,32)(H,27,29)(H,28,30)/t15?,17-,18-,19+/m1/s1. The summed E-state index contributed by atoms with van der Waals surface area (Å²) in [6, 6.07) is -2.86. The van der Waals surface area contributed by atoms with E-state index in [-0.39, 0.29) is 29.9 Å². The average molecular weight is 541 g/mol. The fourth-order valence-electron chi connectivity index (χ4n) is 3.47. The molecule has 2 rings (SSSR count). The van der Waals surface area contributed by atoms with E-state index < -0.39 is 53.6 Å². The second-order valence-corrected chi connectivity index (χ2v) is 11.9. The molecule has 1 saturated heterocycles. The molecule has 2 bridgehead atoms. The van der Waals surface area contributed by atoms with Gasteiger partial charge in [-0.05, 0) is 25.2 Å². The summed E-state index contributed by atoms with van der Waals surface area (Å²) in [4.78, 5) is 65.3. The Morgan fingerprint density at radius 3 is 2.25 bits per heavy atom. The number of rotatable bonds is 2. The monoisotopic (exact) mass is 540 g/mol. The van der Waals surface area contributed by atoms with Crippen molar-refractivity contribution >= 4 is 51.2 Å². The van der Waals surface area contributed by atoms with E-state index in [2.05, 4.69) is 21.3 Å². The van der Waals surface area contributed by atoms with Gasteiger partial charge in [-0.15, -0.1) is 0 Å². The Balaban J connectivity index is 2.54. The molecule has 36 heavy (non-hydrogen) atoms. The summed E-state index contributed by atoms with van der Waals surface area (Å²) in [6.45, 7) is 8.41. The molecule has 4 atom stereocenters. The van der Waals surface area contributed by atoms with Crippen LogP contribution in [0, 0.1) is 17.8 Å². The van der Waals surface area contributed by atoms with Crippen LogP contribution in [0.3, 0.4) is 0 Å². The van der Waals surface area contributed by atoms with Gasteiger partial charge in [-0.25, -0.2) is 4.79 Å². The lowest BCUT2D eigenvalue weighted by Crippen LogP contribution is -2.57. The molecule has 4 N–H and O–H groups in total. The van der Waals surface area contributed by atoms with Crippen LogP contribution in [-0.2, 0) is 28.7 Å². The van der Waals surface area contributed by atoms with Gasteiger partial charge >= 0.3 is 5.97 Å². The van der Waals surface area contributed by atoms with Gasteiger partial charge in [-0.3, -0.25) is 19.2 Å². The first-order chi connectivity index (χ1) is 17.0. The first-order valence-electron chi connectivity index (χ1n) is 12.0. The normalized spacial score (nSPS) is 28.8. The predicted octanol–water partition coefficient (Wildman–Crippen LogP) is 1.29. The van der Waals surface area contributed by atoms with Gasteiger partial charge in [0.25, 0.3) is 5.91 Å². The number of allylic oxidation sites excluding steroid dienone is 2. The van der Waals surface area contributed by atoms with Crippen molar-refractivity contribution < 1.29 is 28.7 Å². The molecule has 1 fully saturated rings. The van der Waals surface area contributed by atoms with Crippen LogP contribution >= 0.6 is 21.6 Å². The molecule has 1 unspecified atom stereocenters. The number of nitrogens with one attached hydrogen (secondary N) is 4. The number of cyclic esters (lactones) is 1. The second-order valence-electron chi connectivity index (χ2n) is 9.24. The summed E-state index contributed by atoms with van der Waals surface area (Å²) in [5.41, 5.74) is -0.0434. The van der Waals surface area contributed by atoms with Crippen molar-refractivity contribution in [2.45, 2.75) is 59.2 Å². The molecule has 0 aliphatic carbocycles.